The van der Waals surface area contributed by atoms with E-state index in [-0.39, 0.29) is 10.8 Å². The number of methoxy groups -OCH3 is 1. The molecule has 0 saturated carbocycles. The summed E-state index contributed by atoms with van der Waals surface area (Å²) in [5, 5.41) is 2.76. The Balaban J connectivity index is 2.06. The minimum atomic E-state index is -3.33. The molecule has 0 aliphatic carbocycles. The van der Waals surface area contributed by atoms with E-state index in [1.54, 1.807) is 19.2 Å². The van der Waals surface area contributed by atoms with E-state index in [4.69, 9.17) is 4.74 Å². The first-order chi connectivity index (χ1) is 10.4. The first kappa shape index (κ1) is 16.0. The second kappa shape index (κ2) is 6.62. The zero-order valence-corrected chi connectivity index (χ0v) is 13.2. The Morgan fingerprint density at radius 3 is 2.41 bits per heavy atom. The second-order valence-corrected chi connectivity index (χ2v) is 6.85. The molecule has 6 heteroatoms. The van der Waals surface area contributed by atoms with Crippen LogP contribution in [0.5, 0.6) is 5.75 Å². The summed E-state index contributed by atoms with van der Waals surface area (Å²) < 4.78 is 28.1. The zero-order chi connectivity index (χ0) is 16.2. The lowest BCUT2D eigenvalue weighted by atomic mass is 10.2. The van der Waals surface area contributed by atoms with E-state index < -0.39 is 9.84 Å². The van der Waals surface area contributed by atoms with E-state index in [9.17, 15) is 13.2 Å². The Morgan fingerprint density at radius 2 is 1.82 bits per heavy atom. The third kappa shape index (κ3) is 4.08. The number of rotatable bonds is 5. The van der Waals surface area contributed by atoms with Crippen molar-refractivity contribution >= 4 is 15.7 Å². The van der Waals surface area contributed by atoms with Gasteiger partial charge in [-0.05, 0) is 35.9 Å². The van der Waals surface area contributed by atoms with Gasteiger partial charge in [0, 0.05) is 18.4 Å². The molecule has 116 valence electrons. The van der Waals surface area contributed by atoms with Crippen molar-refractivity contribution < 1.29 is 17.9 Å². The van der Waals surface area contributed by atoms with Crippen LogP contribution in [0.2, 0.25) is 0 Å². The molecule has 2 rings (SSSR count). The van der Waals surface area contributed by atoms with Crippen LogP contribution in [0.25, 0.3) is 0 Å². The van der Waals surface area contributed by atoms with E-state index in [1.807, 2.05) is 24.3 Å². The maximum Gasteiger partial charge on any atom is 0.251 e. The summed E-state index contributed by atoms with van der Waals surface area (Å²) in [4.78, 5) is 12.2. The first-order valence-corrected chi connectivity index (χ1v) is 8.50. The van der Waals surface area contributed by atoms with E-state index in [2.05, 4.69) is 5.32 Å². The number of amides is 1. The van der Waals surface area contributed by atoms with Crippen molar-refractivity contribution in [2.75, 3.05) is 13.4 Å². The van der Waals surface area contributed by atoms with Crippen molar-refractivity contribution in [1.82, 2.24) is 5.32 Å². The van der Waals surface area contributed by atoms with Crippen molar-refractivity contribution in [3.05, 3.63) is 59.7 Å². The Bertz CT molecular complexity index is 767. The highest BCUT2D eigenvalue weighted by molar-refractivity contribution is 7.90. The van der Waals surface area contributed by atoms with E-state index in [0.29, 0.717) is 12.1 Å². The molecule has 0 atom stereocenters. The van der Waals surface area contributed by atoms with E-state index in [0.717, 1.165) is 17.6 Å². The lowest BCUT2D eigenvalue weighted by Crippen LogP contribution is -2.23. The number of nitrogens with one attached hydrogen (secondary N) is 1. The molecular weight excluding hydrogens is 302 g/mol. The fourth-order valence-corrected chi connectivity index (χ4v) is 2.56. The normalized spacial score (nSPS) is 11.0. The molecule has 5 nitrogen and oxygen atoms in total. The van der Waals surface area contributed by atoms with Gasteiger partial charge >= 0.3 is 0 Å². The summed E-state index contributed by atoms with van der Waals surface area (Å²) in [6.07, 6.45) is 1.11. The standard InChI is InChI=1S/C16H17NO4S/c1-21-14-8-6-12(7-9-14)11-17-16(18)13-4-3-5-15(10-13)22(2,19)20/h3-10H,11H2,1-2H3,(H,17,18). The summed E-state index contributed by atoms with van der Waals surface area (Å²) >= 11 is 0. The number of carbonyl (C=O) groups is 1. The maximum absolute atomic E-state index is 12.1. The SMILES string of the molecule is COc1ccc(CNC(=O)c2cccc(S(C)(=O)=O)c2)cc1. The fourth-order valence-electron chi connectivity index (χ4n) is 1.90. The van der Waals surface area contributed by atoms with Crippen LogP contribution in [-0.2, 0) is 16.4 Å². The van der Waals surface area contributed by atoms with Crippen molar-refractivity contribution in [2.24, 2.45) is 0 Å². The average Bonchev–Trinajstić information content (AvgIpc) is 2.52. The first-order valence-electron chi connectivity index (χ1n) is 6.61. The summed E-state index contributed by atoms with van der Waals surface area (Å²) in [6.45, 7) is 0.353. The summed E-state index contributed by atoms with van der Waals surface area (Å²) in [5.41, 5.74) is 1.24. The highest BCUT2D eigenvalue weighted by Gasteiger charge is 2.11. The van der Waals surface area contributed by atoms with Gasteiger partial charge in [0.05, 0.1) is 12.0 Å². The molecule has 0 radical (unpaired) electrons. The molecule has 0 bridgehead atoms. The maximum atomic E-state index is 12.1. The fraction of sp³-hybridized carbons (Fsp3) is 0.188. The van der Waals surface area contributed by atoms with Crippen molar-refractivity contribution in [2.45, 2.75) is 11.4 Å². The lowest BCUT2D eigenvalue weighted by molar-refractivity contribution is 0.0950. The largest absolute Gasteiger partial charge is 0.497 e. The molecule has 0 fully saturated rings. The molecule has 0 aliphatic rings. The predicted molar refractivity (Wildman–Crippen MR) is 83.7 cm³/mol. The van der Waals surface area contributed by atoms with Gasteiger partial charge in [-0.1, -0.05) is 18.2 Å². The molecule has 0 spiro atoms. The summed E-state index contributed by atoms with van der Waals surface area (Å²) in [5.74, 6) is 0.428. The highest BCUT2D eigenvalue weighted by Crippen LogP contribution is 2.13. The van der Waals surface area contributed by atoms with Gasteiger partial charge in [0.1, 0.15) is 5.75 Å². The molecule has 0 aromatic heterocycles. The number of ether oxygens (including phenoxy) is 1. The van der Waals surface area contributed by atoms with Gasteiger partial charge in [-0.25, -0.2) is 8.42 Å². The predicted octanol–water partition coefficient (Wildman–Crippen LogP) is 2.03. The van der Waals surface area contributed by atoms with E-state index >= 15 is 0 Å². The van der Waals surface area contributed by atoms with Crippen LogP contribution < -0.4 is 10.1 Å². The number of benzene rings is 2. The quantitative estimate of drug-likeness (QED) is 0.915. The minimum absolute atomic E-state index is 0.129. The molecule has 1 amide bonds. The minimum Gasteiger partial charge on any atom is -0.497 e. The molecule has 0 heterocycles. The molecule has 2 aromatic carbocycles. The number of hydrogen-bond donors (Lipinski definition) is 1. The van der Waals surface area contributed by atoms with Gasteiger partial charge < -0.3 is 10.1 Å². The molecule has 22 heavy (non-hydrogen) atoms. The van der Waals surface area contributed by atoms with Gasteiger partial charge in [0.2, 0.25) is 0 Å². The average molecular weight is 319 g/mol. The number of hydrogen-bond acceptors (Lipinski definition) is 4. The molecule has 2 aromatic rings. The van der Waals surface area contributed by atoms with Gasteiger partial charge in [-0.3, -0.25) is 4.79 Å². The monoisotopic (exact) mass is 319 g/mol. The Kier molecular flexibility index (Phi) is 4.82. The molecule has 0 saturated heterocycles. The van der Waals surface area contributed by atoms with Crippen LogP contribution in [0.1, 0.15) is 15.9 Å². The topological polar surface area (TPSA) is 72.5 Å². The van der Waals surface area contributed by atoms with Crippen LogP contribution in [0.3, 0.4) is 0 Å². The molecule has 0 aliphatic heterocycles. The van der Waals surface area contributed by atoms with Crippen LogP contribution in [0.4, 0.5) is 0 Å². The number of carbonyl (C=O) groups excluding carboxylic acids is 1. The highest BCUT2D eigenvalue weighted by atomic mass is 32.2. The van der Waals surface area contributed by atoms with Gasteiger partial charge in [0.15, 0.2) is 9.84 Å². The van der Waals surface area contributed by atoms with Crippen LogP contribution >= 0.6 is 0 Å². The summed E-state index contributed by atoms with van der Waals surface area (Å²) in [6, 6.07) is 13.3. The van der Waals surface area contributed by atoms with Gasteiger partial charge in [-0.15, -0.1) is 0 Å². The lowest BCUT2D eigenvalue weighted by Gasteiger charge is -2.07. The number of sulfone groups is 1. The van der Waals surface area contributed by atoms with Crippen molar-refractivity contribution in [3.8, 4) is 5.75 Å². The Labute approximate surface area is 129 Å². The van der Waals surface area contributed by atoms with Gasteiger partial charge in [0.25, 0.3) is 5.91 Å². The van der Waals surface area contributed by atoms with Crippen molar-refractivity contribution in [3.63, 3.8) is 0 Å². The molecular formula is C16H17NO4S. The zero-order valence-electron chi connectivity index (χ0n) is 12.4. The smallest absolute Gasteiger partial charge is 0.251 e. The molecule has 0 unspecified atom stereocenters. The molecule has 1 N–H and O–H groups in total. The van der Waals surface area contributed by atoms with E-state index in [1.165, 1.54) is 12.1 Å². The van der Waals surface area contributed by atoms with Gasteiger partial charge in [-0.2, -0.15) is 0 Å². The van der Waals surface area contributed by atoms with Crippen LogP contribution in [-0.4, -0.2) is 27.7 Å². The van der Waals surface area contributed by atoms with Crippen LogP contribution in [0, 0.1) is 0 Å². The second-order valence-electron chi connectivity index (χ2n) is 4.83. The Hall–Kier alpha value is -2.34. The van der Waals surface area contributed by atoms with Crippen LogP contribution in [0.15, 0.2) is 53.4 Å². The third-order valence-electron chi connectivity index (χ3n) is 3.14. The summed E-state index contributed by atoms with van der Waals surface area (Å²) in [7, 11) is -1.74. The Morgan fingerprint density at radius 1 is 1.14 bits per heavy atom. The third-order valence-corrected chi connectivity index (χ3v) is 4.25. The van der Waals surface area contributed by atoms with Crippen molar-refractivity contribution in [1.29, 1.82) is 0 Å².